The molecule has 27 heavy (non-hydrogen) atoms. The van der Waals surface area contributed by atoms with Crippen molar-refractivity contribution in [3.05, 3.63) is 84.4 Å². The molecule has 130 valence electrons. The quantitative estimate of drug-likeness (QED) is 0.309. The lowest BCUT2D eigenvalue weighted by Gasteiger charge is -2.00. The predicted molar refractivity (Wildman–Crippen MR) is 111 cm³/mol. The zero-order chi connectivity index (χ0) is 18.1. The first-order valence-corrected chi connectivity index (χ1v) is 8.78. The largest absolute Gasteiger partial charge is 0.354 e. The average molecular weight is 351 g/mol. The van der Waals surface area contributed by atoms with Gasteiger partial charge < -0.3 is 9.97 Å². The molecule has 0 atom stereocenters. The minimum atomic E-state index is 0.619. The lowest BCUT2D eigenvalue weighted by Crippen LogP contribution is -1.93. The molecule has 0 radical (unpaired) electrons. The molecule has 3 aromatic carbocycles. The molecule has 2 aromatic heterocycles. The van der Waals surface area contributed by atoms with Crippen LogP contribution in [-0.4, -0.2) is 21.2 Å². The van der Waals surface area contributed by atoms with Gasteiger partial charge in [-0.15, -0.1) is 0 Å². The zero-order valence-electron chi connectivity index (χ0n) is 14.5. The van der Waals surface area contributed by atoms with Gasteiger partial charge >= 0.3 is 0 Å². The lowest BCUT2D eigenvalue weighted by atomic mass is 10.1. The summed E-state index contributed by atoms with van der Waals surface area (Å²) in [5.41, 5.74) is 9.19. The molecule has 0 spiro atoms. The molecule has 5 heteroatoms. The van der Waals surface area contributed by atoms with Crippen LogP contribution in [-0.2, 0) is 0 Å². The van der Waals surface area contributed by atoms with Crippen molar-refractivity contribution >= 4 is 34.1 Å². The van der Waals surface area contributed by atoms with Gasteiger partial charge in [-0.05, 0) is 23.8 Å². The molecule has 0 fully saturated rings. The minimum absolute atomic E-state index is 0.619. The van der Waals surface area contributed by atoms with E-state index in [2.05, 4.69) is 49.7 Å². The van der Waals surface area contributed by atoms with Gasteiger partial charge in [-0.1, -0.05) is 60.7 Å². The number of rotatable bonds is 4. The van der Waals surface area contributed by atoms with E-state index in [1.807, 2.05) is 60.8 Å². The number of benzene rings is 3. The van der Waals surface area contributed by atoms with Gasteiger partial charge in [0.05, 0.1) is 22.9 Å². The van der Waals surface area contributed by atoms with Crippen molar-refractivity contribution < 1.29 is 0 Å². The fraction of sp³-hybridized carbons (Fsp3) is 0. The highest BCUT2D eigenvalue weighted by atomic mass is 15.3. The number of nitrogens with zero attached hydrogens (tertiary/aromatic N) is 2. The number of aromatic amines is 2. The number of hydrogen-bond acceptors (Lipinski definition) is 3. The van der Waals surface area contributed by atoms with Crippen LogP contribution in [0, 0.1) is 0 Å². The zero-order valence-corrected chi connectivity index (χ0v) is 14.5. The van der Waals surface area contributed by atoms with Gasteiger partial charge in [0.25, 0.3) is 0 Å². The SMILES string of the molecule is C(=NNc1nc2ccccc2[nH]1)c1c(-c2ccccc2)[nH]c2ccccc12. The second-order valence-electron chi connectivity index (χ2n) is 6.30. The fourth-order valence-corrected chi connectivity index (χ4v) is 3.29. The molecule has 5 rings (SSSR count). The van der Waals surface area contributed by atoms with Crippen LogP contribution in [0.1, 0.15) is 5.56 Å². The number of fused-ring (bicyclic) bond motifs is 2. The van der Waals surface area contributed by atoms with E-state index in [-0.39, 0.29) is 0 Å². The summed E-state index contributed by atoms with van der Waals surface area (Å²) in [5, 5.41) is 5.56. The molecule has 0 saturated carbocycles. The summed E-state index contributed by atoms with van der Waals surface area (Å²) in [6.07, 6.45) is 1.84. The molecule has 0 aliphatic carbocycles. The van der Waals surface area contributed by atoms with Crippen LogP contribution in [0.2, 0.25) is 0 Å². The molecular weight excluding hydrogens is 334 g/mol. The van der Waals surface area contributed by atoms with Gasteiger partial charge in [0, 0.05) is 16.5 Å². The average Bonchev–Trinajstić information content (AvgIpc) is 3.30. The fourth-order valence-electron chi connectivity index (χ4n) is 3.29. The predicted octanol–water partition coefficient (Wildman–Crippen LogP) is 5.16. The Balaban J connectivity index is 1.52. The van der Waals surface area contributed by atoms with Crippen LogP contribution in [0.4, 0.5) is 5.95 Å². The molecule has 3 N–H and O–H groups in total. The van der Waals surface area contributed by atoms with E-state index in [4.69, 9.17) is 0 Å². The molecular formula is C22H17N5. The molecule has 0 aliphatic rings. The van der Waals surface area contributed by atoms with Crippen LogP contribution in [0.15, 0.2) is 84.0 Å². The van der Waals surface area contributed by atoms with Crippen molar-refractivity contribution in [2.24, 2.45) is 5.10 Å². The van der Waals surface area contributed by atoms with Gasteiger partial charge in [-0.2, -0.15) is 5.10 Å². The highest BCUT2D eigenvalue weighted by molar-refractivity contribution is 6.06. The number of H-pyrrole nitrogens is 2. The molecule has 5 aromatic rings. The van der Waals surface area contributed by atoms with E-state index < -0.39 is 0 Å². The Bertz CT molecular complexity index is 1210. The Morgan fingerprint density at radius 2 is 1.52 bits per heavy atom. The summed E-state index contributed by atoms with van der Waals surface area (Å²) in [7, 11) is 0. The molecule has 0 aliphatic heterocycles. The maximum absolute atomic E-state index is 4.49. The Morgan fingerprint density at radius 3 is 2.37 bits per heavy atom. The van der Waals surface area contributed by atoms with Crippen molar-refractivity contribution in [2.75, 3.05) is 5.43 Å². The molecule has 0 bridgehead atoms. The highest BCUT2D eigenvalue weighted by Crippen LogP contribution is 2.29. The van der Waals surface area contributed by atoms with Crippen molar-refractivity contribution in [3.8, 4) is 11.3 Å². The summed E-state index contributed by atoms with van der Waals surface area (Å²) < 4.78 is 0. The summed E-state index contributed by atoms with van der Waals surface area (Å²) in [6.45, 7) is 0. The Kier molecular flexibility index (Phi) is 3.68. The van der Waals surface area contributed by atoms with E-state index in [1.165, 1.54) is 0 Å². The number of nitrogens with one attached hydrogen (secondary N) is 3. The maximum atomic E-state index is 4.49. The third-order valence-corrected chi connectivity index (χ3v) is 4.56. The van der Waals surface area contributed by atoms with E-state index in [9.17, 15) is 0 Å². The summed E-state index contributed by atoms with van der Waals surface area (Å²) in [6, 6.07) is 26.4. The number of hydrogen-bond donors (Lipinski definition) is 3. The number of para-hydroxylation sites is 3. The van der Waals surface area contributed by atoms with Crippen molar-refractivity contribution in [1.82, 2.24) is 15.0 Å². The molecule has 0 amide bonds. The van der Waals surface area contributed by atoms with E-state index in [0.717, 1.165) is 38.8 Å². The van der Waals surface area contributed by atoms with Crippen LogP contribution in [0.3, 0.4) is 0 Å². The minimum Gasteiger partial charge on any atom is -0.354 e. The number of aromatic nitrogens is 3. The number of hydrazone groups is 1. The molecule has 2 heterocycles. The smallest absolute Gasteiger partial charge is 0.222 e. The van der Waals surface area contributed by atoms with E-state index in [0.29, 0.717) is 5.95 Å². The normalized spacial score (nSPS) is 11.6. The van der Waals surface area contributed by atoms with Gasteiger partial charge in [-0.25, -0.2) is 10.4 Å². The summed E-state index contributed by atoms with van der Waals surface area (Å²) in [5.74, 6) is 0.619. The van der Waals surface area contributed by atoms with Crippen LogP contribution in [0.25, 0.3) is 33.2 Å². The summed E-state index contributed by atoms with van der Waals surface area (Å²) in [4.78, 5) is 11.2. The van der Waals surface area contributed by atoms with Gasteiger partial charge in [0.1, 0.15) is 0 Å². The standard InChI is InChI=1S/C22H17N5/c1-2-8-15(9-3-1)21-17(16-10-4-5-11-18(16)24-21)14-23-27-22-25-19-12-6-7-13-20(19)26-22/h1-14,24H,(H2,25,26,27). The number of anilines is 1. The van der Waals surface area contributed by atoms with Gasteiger partial charge in [0.15, 0.2) is 0 Å². The van der Waals surface area contributed by atoms with Crippen LogP contribution < -0.4 is 5.43 Å². The van der Waals surface area contributed by atoms with Gasteiger partial charge in [0.2, 0.25) is 5.95 Å². The third-order valence-electron chi connectivity index (χ3n) is 4.56. The third kappa shape index (κ3) is 2.85. The van der Waals surface area contributed by atoms with Gasteiger partial charge in [-0.3, -0.25) is 0 Å². The monoisotopic (exact) mass is 351 g/mol. The second-order valence-corrected chi connectivity index (χ2v) is 6.30. The first-order chi connectivity index (χ1) is 13.4. The van der Waals surface area contributed by atoms with Crippen molar-refractivity contribution in [3.63, 3.8) is 0 Å². The Morgan fingerprint density at radius 1 is 0.778 bits per heavy atom. The van der Waals surface area contributed by atoms with Crippen LogP contribution >= 0.6 is 0 Å². The Hall–Kier alpha value is -3.86. The van der Waals surface area contributed by atoms with E-state index in [1.54, 1.807) is 0 Å². The second kappa shape index (κ2) is 6.46. The van der Waals surface area contributed by atoms with Crippen molar-refractivity contribution in [2.45, 2.75) is 0 Å². The number of imidazole rings is 1. The molecule has 5 nitrogen and oxygen atoms in total. The Labute approximate surface area is 155 Å². The first-order valence-electron chi connectivity index (χ1n) is 8.78. The topological polar surface area (TPSA) is 68.9 Å². The van der Waals surface area contributed by atoms with Crippen molar-refractivity contribution in [1.29, 1.82) is 0 Å². The van der Waals surface area contributed by atoms with Crippen LogP contribution in [0.5, 0.6) is 0 Å². The highest BCUT2D eigenvalue weighted by Gasteiger charge is 2.11. The molecule has 0 unspecified atom stereocenters. The maximum Gasteiger partial charge on any atom is 0.222 e. The lowest BCUT2D eigenvalue weighted by molar-refractivity contribution is 1.21. The molecule has 0 saturated heterocycles. The summed E-state index contributed by atoms with van der Waals surface area (Å²) >= 11 is 0. The van der Waals surface area contributed by atoms with E-state index >= 15 is 0 Å². The first kappa shape index (κ1) is 15.4.